The zero-order valence-corrected chi connectivity index (χ0v) is 13.5. The molecule has 0 spiro atoms. The first-order valence-electron chi connectivity index (χ1n) is 7.49. The van der Waals surface area contributed by atoms with Crippen LogP contribution in [-0.4, -0.2) is 35.3 Å². The summed E-state index contributed by atoms with van der Waals surface area (Å²) in [5.41, 5.74) is 1.95. The van der Waals surface area contributed by atoms with Crippen molar-refractivity contribution in [1.29, 1.82) is 0 Å². The lowest BCUT2D eigenvalue weighted by atomic mass is 9.90. The van der Waals surface area contributed by atoms with Crippen LogP contribution in [0.3, 0.4) is 0 Å². The third kappa shape index (κ3) is 2.87. The van der Waals surface area contributed by atoms with Gasteiger partial charge in [-0.3, -0.25) is 4.90 Å². The molecule has 1 aromatic rings. The van der Waals surface area contributed by atoms with Crippen molar-refractivity contribution in [2.24, 2.45) is 0 Å². The van der Waals surface area contributed by atoms with Gasteiger partial charge < -0.3 is 9.84 Å². The highest BCUT2D eigenvalue weighted by molar-refractivity contribution is 9.10. The number of phenols is 1. The molecule has 1 aliphatic heterocycles. The maximum atomic E-state index is 10.3. The molecule has 1 aliphatic carbocycles. The van der Waals surface area contributed by atoms with E-state index in [9.17, 15) is 5.11 Å². The van der Waals surface area contributed by atoms with Gasteiger partial charge in [0.15, 0.2) is 0 Å². The van der Waals surface area contributed by atoms with Crippen LogP contribution in [0, 0.1) is 6.92 Å². The Hall–Kier alpha value is -0.580. The number of phenolic OH excluding ortho intramolecular Hbond substituents is 1. The van der Waals surface area contributed by atoms with Gasteiger partial charge in [-0.1, -0.05) is 28.8 Å². The maximum Gasteiger partial charge on any atom is 0.123 e. The molecule has 3 nitrogen and oxygen atoms in total. The molecule has 110 valence electrons. The molecule has 0 bridgehead atoms. The molecule has 0 amide bonds. The standard InChI is InChI=1S/C16H22BrNO2/c1-11-8-13(17)9-12(16(11)19)10-18-6-7-20-15-5-3-2-4-14(15)18/h8-9,14-15,19H,2-7,10H2,1H3. The van der Waals surface area contributed by atoms with Crippen LogP contribution < -0.4 is 0 Å². The number of benzene rings is 1. The number of aryl methyl sites for hydroxylation is 1. The summed E-state index contributed by atoms with van der Waals surface area (Å²) in [6, 6.07) is 4.52. The molecule has 1 saturated carbocycles. The molecule has 1 heterocycles. The van der Waals surface area contributed by atoms with Crippen LogP contribution in [0.4, 0.5) is 0 Å². The molecule has 20 heavy (non-hydrogen) atoms. The number of hydrogen-bond donors (Lipinski definition) is 1. The molecule has 2 aliphatic rings. The molecule has 1 N–H and O–H groups in total. The molecule has 3 rings (SSSR count). The Morgan fingerprint density at radius 3 is 3.00 bits per heavy atom. The van der Waals surface area contributed by atoms with Gasteiger partial charge in [-0.15, -0.1) is 0 Å². The summed E-state index contributed by atoms with van der Waals surface area (Å²) in [5, 5.41) is 10.3. The number of hydrogen-bond acceptors (Lipinski definition) is 3. The molecular weight excluding hydrogens is 318 g/mol. The van der Waals surface area contributed by atoms with E-state index in [0.29, 0.717) is 17.9 Å². The van der Waals surface area contributed by atoms with E-state index in [1.165, 1.54) is 25.7 Å². The van der Waals surface area contributed by atoms with Gasteiger partial charge in [0.05, 0.1) is 12.7 Å². The number of nitrogens with zero attached hydrogens (tertiary/aromatic N) is 1. The quantitative estimate of drug-likeness (QED) is 0.893. The third-order valence-electron chi connectivity index (χ3n) is 4.56. The van der Waals surface area contributed by atoms with Crippen LogP contribution in [-0.2, 0) is 11.3 Å². The fourth-order valence-electron chi connectivity index (χ4n) is 3.52. The van der Waals surface area contributed by atoms with Crippen LogP contribution in [0.25, 0.3) is 0 Å². The van der Waals surface area contributed by atoms with Crippen molar-refractivity contribution in [1.82, 2.24) is 4.90 Å². The number of halogens is 1. The summed E-state index contributed by atoms with van der Waals surface area (Å²) in [4.78, 5) is 2.49. The molecule has 4 heteroatoms. The zero-order valence-electron chi connectivity index (χ0n) is 11.9. The van der Waals surface area contributed by atoms with Gasteiger partial charge in [-0.2, -0.15) is 0 Å². The van der Waals surface area contributed by atoms with Crippen LogP contribution in [0.1, 0.15) is 36.8 Å². The largest absolute Gasteiger partial charge is 0.507 e. The second kappa shape index (κ2) is 6.04. The van der Waals surface area contributed by atoms with Gasteiger partial charge in [0.25, 0.3) is 0 Å². The van der Waals surface area contributed by atoms with Gasteiger partial charge in [-0.25, -0.2) is 0 Å². The summed E-state index contributed by atoms with van der Waals surface area (Å²) < 4.78 is 6.95. The van der Waals surface area contributed by atoms with E-state index in [1.54, 1.807) is 0 Å². The normalized spacial score (nSPS) is 27.3. The summed E-state index contributed by atoms with van der Waals surface area (Å²) >= 11 is 3.53. The van der Waals surface area contributed by atoms with Gasteiger partial charge in [0.2, 0.25) is 0 Å². The number of rotatable bonds is 2. The minimum atomic E-state index is 0.396. The fraction of sp³-hybridized carbons (Fsp3) is 0.625. The van der Waals surface area contributed by atoms with E-state index in [2.05, 4.69) is 20.8 Å². The van der Waals surface area contributed by atoms with Gasteiger partial charge in [0.1, 0.15) is 5.75 Å². The molecule has 0 aromatic heterocycles. The van der Waals surface area contributed by atoms with Crippen molar-refractivity contribution in [2.45, 2.75) is 51.3 Å². The summed E-state index contributed by atoms with van der Waals surface area (Å²) in [5.74, 6) is 0.437. The number of ether oxygens (including phenoxy) is 1. The predicted octanol–water partition coefficient (Wildman–Crippen LogP) is 3.61. The van der Waals surface area contributed by atoms with E-state index in [0.717, 1.165) is 35.3 Å². The van der Waals surface area contributed by atoms with Crippen LogP contribution in [0.15, 0.2) is 16.6 Å². The Kier molecular flexibility index (Phi) is 4.34. The number of morpholine rings is 1. The van der Waals surface area contributed by atoms with Crippen LogP contribution in [0.5, 0.6) is 5.75 Å². The lowest BCUT2D eigenvalue weighted by Crippen LogP contribution is -2.52. The van der Waals surface area contributed by atoms with Crippen LogP contribution >= 0.6 is 15.9 Å². The van der Waals surface area contributed by atoms with Crippen molar-refractivity contribution in [3.05, 3.63) is 27.7 Å². The van der Waals surface area contributed by atoms with Crippen molar-refractivity contribution in [3.63, 3.8) is 0 Å². The van der Waals surface area contributed by atoms with Gasteiger partial charge in [-0.05, 0) is 37.5 Å². The number of aromatic hydroxyl groups is 1. The highest BCUT2D eigenvalue weighted by atomic mass is 79.9. The second-order valence-electron chi connectivity index (χ2n) is 5.96. The SMILES string of the molecule is Cc1cc(Br)cc(CN2CCOC3CCCCC32)c1O. The lowest BCUT2D eigenvalue weighted by molar-refractivity contribution is -0.0912. The maximum absolute atomic E-state index is 10.3. The molecular formula is C16H22BrNO2. The Morgan fingerprint density at radius 2 is 2.15 bits per heavy atom. The van der Waals surface area contributed by atoms with Crippen LogP contribution in [0.2, 0.25) is 0 Å². The van der Waals surface area contributed by atoms with Gasteiger partial charge >= 0.3 is 0 Å². The van der Waals surface area contributed by atoms with Crippen molar-refractivity contribution >= 4 is 15.9 Å². The summed E-state index contributed by atoms with van der Waals surface area (Å²) in [7, 11) is 0. The third-order valence-corrected chi connectivity index (χ3v) is 5.02. The lowest BCUT2D eigenvalue weighted by Gasteiger charge is -2.44. The summed E-state index contributed by atoms with van der Waals surface area (Å²) in [6.07, 6.45) is 5.39. The minimum absolute atomic E-state index is 0.396. The van der Waals surface area contributed by atoms with E-state index >= 15 is 0 Å². The molecule has 2 atom stereocenters. The van der Waals surface area contributed by atoms with E-state index in [4.69, 9.17) is 4.74 Å². The van der Waals surface area contributed by atoms with Gasteiger partial charge in [0, 0.05) is 29.2 Å². The van der Waals surface area contributed by atoms with E-state index in [-0.39, 0.29) is 0 Å². The smallest absolute Gasteiger partial charge is 0.123 e. The monoisotopic (exact) mass is 339 g/mol. The Balaban J connectivity index is 1.79. The Morgan fingerprint density at radius 1 is 1.35 bits per heavy atom. The first-order valence-corrected chi connectivity index (χ1v) is 8.28. The topological polar surface area (TPSA) is 32.7 Å². The van der Waals surface area contributed by atoms with Crippen molar-refractivity contribution in [2.75, 3.05) is 13.2 Å². The van der Waals surface area contributed by atoms with E-state index < -0.39 is 0 Å². The molecule has 1 aromatic carbocycles. The highest BCUT2D eigenvalue weighted by Gasteiger charge is 2.34. The molecule has 2 unspecified atom stereocenters. The second-order valence-corrected chi connectivity index (χ2v) is 6.88. The first-order chi connectivity index (χ1) is 9.65. The predicted molar refractivity (Wildman–Crippen MR) is 82.9 cm³/mol. The zero-order chi connectivity index (χ0) is 14.1. The average molecular weight is 340 g/mol. The average Bonchev–Trinajstić information content (AvgIpc) is 2.44. The molecule has 0 radical (unpaired) electrons. The Bertz CT molecular complexity index is 490. The van der Waals surface area contributed by atoms with Crippen molar-refractivity contribution < 1.29 is 9.84 Å². The van der Waals surface area contributed by atoms with Crippen molar-refractivity contribution in [3.8, 4) is 5.75 Å². The first kappa shape index (κ1) is 14.4. The fourth-order valence-corrected chi connectivity index (χ4v) is 4.14. The Labute approximate surface area is 129 Å². The molecule has 2 fully saturated rings. The summed E-state index contributed by atoms with van der Waals surface area (Å²) in [6.45, 7) is 4.55. The van der Waals surface area contributed by atoms with E-state index in [1.807, 2.05) is 19.1 Å². The minimum Gasteiger partial charge on any atom is -0.507 e. The molecule has 1 saturated heterocycles. The highest BCUT2D eigenvalue weighted by Crippen LogP contribution is 2.32. The number of fused-ring (bicyclic) bond motifs is 1.